The third kappa shape index (κ3) is 5.11. The number of aromatic nitrogens is 2. The van der Waals surface area contributed by atoms with Gasteiger partial charge in [0.15, 0.2) is 0 Å². The van der Waals surface area contributed by atoms with E-state index >= 15 is 0 Å². The summed E-state index contributed by atoms with van der Waals surface area (Å²) in [6.45, 7) is 3.53. The minimum absolute atomic E-state index is 0.0915. The minimum Gasteiger partial charge on any atom is -0.492 e. The van der Waals surface area contributed by atoms with Crippen molar-refractivity contribution in [2.75, 3.05) is 13.2 Å². The number of hydrogen-bond acceptors (Lipinski definition) is 3. The van der Waals surface area contributed by atoms with Crippen molar-refractivity contribution in [3.8, 4) is 5.75 Å². The number of fused-ring (bicyclic) bond motifs is 1. The Kier molecular flexibility index (Phi) is 6.49. The molecule has 0 bridgehead atoms. The van der Waals surface area contributed by atoms with Gasteiger partial charge >= 0.3 is 0 Å². The van der Waals surface area contributed by atoms with Gasteiger partial charge < -0.3 is 14.6 Å². The van der Waals surface area contributed by atoms with Crippen LogP contribution in [0, 0.1) is 0 Å². The maximum absolute atomic E-state index is 11.6. The van der Waals surface area contributed by atoms with Crippen LogP contribution < -0.4 is 10.1 Å². The van der Waals surface area contributed by atoms with Crippen molar-refractivity contribution in [3.63, 3.8) is 0 Å². The molecule has 0 aliphatic carbocycles. The number of ether oxygens (including phenoxy) is 1. The molecule has 2 aromatic carbocycles. The third-order valence-corrected chi connectivity index (χ3v) is 4.35. The molecule has 3 rings (SSSR count). The molecule has 1 amide bonds. The van der Waals surface area contributed by atoms with E-state index < -0.39 is 0 Å². The van der Waals surface area contributed by atoms with E-state index in [9.17, 15) is 4.79 Å². The lowest BCUT2D eigenvalue weighted by Crippen LogP contribution is -2.24. The average Bonchev–Trinajstić information content (AvgIpc) is 3.01. The number of carbonyl (C=O) groups is 1. The van der Waals surface area contributed by atoms with Gasteiger partial charge in [-0.05, 0) is 49.4 Å². The summed E-state index contributed by atoms with van der Waals surface area (Å²) in [5.41, 5.74) is 2.01. The number of nitrogens with zero attached hydrogens (tertiary/aromatic N) is 2. The Morgan fingerprint density at radius 1 is 1.22 bits per heavy atom. The van der Waals surface area contributed by atoms with Gasteiger partial charge in [-0.25, -0.2) is 4.98 Å². The second-order valence-corrected chi connectivity index (χ2v) is 6.45. The molecule has 5 nitrogen and oxygen atoms in total. The second kappa shape index (κ2) is 9.24. The molecule has 0 aliphatic rings. The molecule has 0 saturated heterocycles. The van der Waals surface area contributed by atoms with Crippen LogP contribution in [-0.4, -0.2) is 28.6 Å². The Morgan fingerprint density at radius 3 is 2.78 bits per heavy atom. The van der Waals surface area contributed by atoms with Gasteiger partial charge in [0, 0.05) is 18.0 Å². The Balaban J connectivity index is 1.68. The smallest absolute Gasteiger partial charge is 0.243 e. The number of allylic oxidation sites excluding steroid dienone is 1. The highest BCUT2D eigenvalue weighted by Gasteiger charge is 2.10. The monoisotopic (exact) mass is 383 g/mol. The number of benzene rings is 2. The molecule has 3 aromatic rings. The summed E-state index contributed by atoms with van der Waals surface area (Å²) in [5.74, 6) is 1.62. The number of carbonyl (C=O) groups excluding carboxylic acids is 1. The number of halogens is 1. The maximum Gasteiger partial charge on any atom is 0.243 e. The molecule has 0 spiro atoms. The van der Waals surface area contributed by atoms with E-state index in [-0.39, 0.29) is 5.91 Å². The van der Waals surface area contributed by atoms with Crippen LogP contribution >= 0.6 is 11.6 Å². The van der Waals surface area contributed by atoms with Gasteiger partial charge in [0.2, 0.25) is 5.91 Å². The first-order chi connectivity index (χ1) is 13.2. The van der Waals surface area contributed by atoms with Crippen LogP contribution in [0.2, 0.25) is 5.02 Å². The molecule has 0 aliphatic heterocycles. The third-order valence-electron chi connectivity index (χ3n) is 4.10. The molecule has 6 heteroatoms. The summed E-state index contributed by atoms with van der Waals surface area (Å²) in [6.07, 6.45) is 3.89. The van der Waals surface area contributed by atoms with Crippen LogP contribution in [0.4, 0.5) is 0 Å². The lowest BCUT2D eigenvalue weighted by Gasteiger charge is -2.11. The second-order valence-electron chi connectivity index (χ2n) is 6.01. The van der Waals surface area contributed by atoms with Crippen molar-refractivity contribution in [1.82, 2.24) is 14.9 Å². The van der Waals surface area contributed by atoms with Gasteiger partial charge in [0.1, 0.15) is 18.2 Å². The summed E-state index contributed by atoms with van der Waals surface area (Å²) >= 11 is 5.90. The molecule has 0 saturated carbocycles. The van der Waals surface area contributed by atoms with Gasteiger partial charge in [-0.1, -0.05) is 29.8 Å². The molecule has 1 N–H and O–H groups in total. The molecular weight excluding hydrogens is 362 g/mol. The normalized spacial score (nSPS) is 11.2. The van der Waals surface area contributed by atoms with Crippen LogP contribution in [0.25, 0.3) is 11.0 Å². The molecule has 27 heavy (non-hydrogen) atoms. The van der Waals surface area contributed by atoms with E-state index in [1.54, 1.807) is 6.08 Å². The molecule has 1 heterocycles. The SMILES string of the molecule is C/C=C/C(=O)NCCc1nc2ccccc2n1CCOc1ccc(Cl)cc1. The molecule has 0 atom stereocenters. The number of nitrogens with one attached hydrogen (secondary N) is 1. The summed E-state index contributed by atoms with van der Waals surface area (Å²) in [5, 5.41) is 3.55. The molecule has 140 valence electrons. The summed E-state index contributed by atoms with van der Waals surface area (Å²) < 4.78 is 7.97. The Labute approximate surface area is 163 Å². The molecule has 0 unspecified atom stereocenters. The lowest BCUT2D eigenvalue weighted by atomic mass is 10.3. The van der Waals surface area contributed by atoms with Crippen molar-refractivity contribution in [2.45, 2.75) is 19.9 Å². The zero-order valence-corrected chi connectivity index (χ0v) is 15.9. The summed E-state index contributed by atoms with van der Waals surface area (Å²) in [6, 6.07) is 15.3. The predicted octanol–water partition coefficient (Wildman–Crippen LogP) is 4.00. The van der Waals surface area contributed by atoms with Gasteiger partial charge in [0.05, 0.1) is 17.6 Å². The molecule has 1 aromatic heterocycles. The van der Waals surface area contributed by atoms with E-state index in [4.69, 9.17) is 21.3 Å². The van der Waals surface area contributed by atoms with Crippen LogP contribution in [-0.2, 0) is 17.8 Å². The van der Waals surface area contributed by atoms with Crippen LogP contribution in [0.15, 0.2) is 60.7 Å². The zero-order chi connectivity index (χ0) is 19.1. The Hall–Kier alpha value is -2.79. The van der Waals surface area contributed by atoms with Gasteiger partial charge in [0.25, 0.3) is 0 Å². The van der Waals surface area contributed by atoms with Crippen molar-refractivity contribution in [3.05, 3.63) is 71.5 Å². The zero-order valence-electron chi connectivity index (χ0n) is 15.2. The fourth-order valence-electron chi connectivity index (χ4n) is 2.86. The van der Waals surface area contributed by atoms with E-state index in [2.05, 4.69) is 9.88 Å². The van der Waals surface area contributed by atoms with Gasteiger partial charge in [-0.3, -0.25) is 4.79 Å². The first-order valence-electron chi connectivity index (χ1n) is 8.90. The number of para-hydroxylation sites is 2. The van der Waals surface area contributed by atoms with Gasteiger partial charge in [-0.2, -0.15) is 0 Å². The molecular formula is C21H22ClN3O2. The highest BCUT2D eigenvalue weighted by Crippen LogP contribution is 2.18. The largest absolute Gasteiger partial charge is 0.492 e. The fourth-order valence-corrected chi connectivity index (χ4v) is 2.99. The molecule has 0 fully saturated rings. The summed E-state index contributed by atoms with van der Waals surface area (Å²) in [4.78, 5) is 16.3. The Morgan fingerprint density at radius 2 is 2.00 bits per heavy atom. The van der Waals surface area contributed by atoms with Crippen molar-refractivity contribution >= 4 is 28.5 Å². The van der Waals surface area contributed by atoms with E-state index in [1.807, 2.05) is 55.5 Å². The quantitative estimate of drug-likeness (QED) is 0.598. The van der Waals surface area contributed by atoms with Gasteiger partial charge in [-0.15, -0.1) is 0 Å². The first kappa shape index (κ1) is 19.0. The van der Waals surface area contributed by atoms with E-state index in [0.717, 1.165) is 22.6 Å². The van der Waals surface area contributed by atoms with Crippen LogP contribution in [0.1, 0.15) is 12.7 Å². The standard InChI is InChI=1S/C21H22ClN3O2/c1-2-5-21(26)23-13-12-20-24-18-6-3-4-7-19(18)25(20)14-15-27-17-10-8-16(22)9-11-17/h2-11H,12-15H2,1H3,(H,23,26)/b5-2+. The highest BCUT2D eigenvalue weighted by atomic mass is 35.5. The van der Waals surface area contributed by atoms with Crippen LogP contribution in [0.3, 0.4) is 0 Å². The Bertz CT molecular complexity index is 932. The summed E-state index contributed by atoms with van der Waals surface area (Å²) in [7, 11) is 0. The highest BCUT2D eigenvalue weighted by molar-refractivity contribution is 6.30. The molecule has 0 radical (unpaired) electrons. The predicted molar refractivity (Wildman–Crippen MR) is 108 cm³/mol. The minimum atomic E-state index is -0.0915. The number of hydrogen-bond donors (Lipinski definition) is 1. The topological polar surface area (TPSA) is 56.2 Å². The fraction of sp³-hybridized carbons (Fsp3) is 0.238. The van der Waals surface area contributed by atoms with E-state index in [0.29, 0.717) is 31.1 Å². The average molecular weight is 384 g/mol. The number of amides is 1. The maximum atomic E-state index is 11.6. The van der Waals surface area contributed by atoms with Crippen LogP contribution in [0.5, 0.6) is 5.75 Å². The van der Waals surface area contributed by atoms with E-state index in [1.165, 1.54) is 6.08 Å². The first-order valence-corrected chi connectivity index (χ1v) is 9.28. The van der Waals surface area contributed by atoms with Crippen molar-refractivity contribution in [1.29, 1.82) is 0 Å². The van der Waals surface area contributed by atoms with Crippen molar-refractivity contribution in [2.24, 2.45) is 0 Å². The lowest BCUT2D eigenvalue weighted by molar-refractivity contribution is -0.116. The number of imidazole rings is 1. The van der Waals surface area contributed by atoms with Crippen molar-refractivity contribution < 1.29 is 9.53 Å². The number of rotatable bonds is 8.